The van der Waals surface area contributed by atoms with E-state index < -0.39 is 0 Å². The smallest absolute Gasteiger partial charge is 0.137 e. The summed E-state index contributed by atoms with van der Waals surface area (Å²) in [7, 11) is 0. The number of nitrogens with zero attached hydrogens (tertiary/aromatic N) is 3. The Hall–Kier alpha value is -1.62. The Kier molecular flexibility index (Phi) is 3.93. The number of rotatable bonds is 6. The average Bonchev–Trinajstić information content (AvgIpc) is 2.99. The summed E-state index contributed by atoms with van der Waals surface area (Å²) in [5.74, 6) is 0.970. The van der Waals surface area contributed by atoms with Gasteiger partial charge in [-0.05, 0) is 32.4 Å². The molecule has 0 fully saturated rings. The van der Waals surface area contributed by atoms with Crippen LogP contribution in [0.15, 0.2) is 35.5 Å². The monoisotopic (exact) mass is 234 g/mol. The molecule has 2 rings (SSSR count). The Morgan fingerprint density at radius 2 is 2.35 bits per heavy atom. The molecule has 5 heteroatoms. The molecule has 92 valence electrons. The predicted molar refractivity (Wildman–Crippen MR) is 64.4 cm³/mol. The standard InChI is InChI=1S/C12H18N4O/c1-10(5-6-16-9-13-8-14-16)15-11(2)12-4-3-7-17-12/h3-4,7-11,15H,5-6H2,1-2H3/t10-,11+/m1/s1. The minimum atomic E-state index is 0.232. The summed E-state index contributed by atoms with van der Waals surface area (Å²) in [6.45, 7) is 5.14. The van der Waals surface area contributed by atoms with Crippen molar-refractivity contribution in [1.82, 2.24) is 20.1 Å². The maximum Gasteiger partial charge on any atom is 0.137 e. The highest BCUT2D eigenvalue weighted by atomic mass is 16.3. The van der Waals surface area contributed by atoms with Crippen molar-refractivity contribution in [1.29, 1.82) is 0 Å². The van der Waals surface area contributed by atoms with Crippen LogP contribution in [0, 0.1) is 0 Å². The Balaban J connectivity index is 1.75. The van der Waals surface area contributed by atoms with Crippen LogP contribution in [-0.2, 0) is 6.54 Å². The molecule has 5 nitrogen and oxygen atoms in total. The quantitative estimate of drug-likeness (QED) is 0.830. The van der Waals surface area contributed by atoms with Crippen molar-refractivity contribution in [2.24, 2.45) is 0 Å². The predicted octanol–water partition coefficient (Wildman–Crippen LogP) is 2.00. The lowest BCUT2D eigenvalue weighted by atomic mass is 10.2. The van der Waals surface area contributed by atoms with Crippen LogP contribution in [0.2, 0.25) is 0 Å². The molecule has 1 N–H and O–H groups in total. The molecule has 0 aliphatic heterocycles. The highest BCUT2D eigenvalue weighted by molar-refractivity contribution is 5.03. The van der Waals surface area contributed by atoms with Crippen LogP contribution in [0.25, 0.3) is 0 Å². The zero-order valence-corrected chi connectivity index (χ0v) is 10.2. The Morgan fingerprint density at radius 1 is 1.47 bits per heavy atom. The van der Waals surface area contributed by atoms with Crippen LogP contribution in [0.5, 0.6) is 0 Å². The lowest BCUT2D eigenvalue weighted by Crippen LogP contribution is -2.29. The molecule has 0 bridgehead atoms. The van der Waals surface area contributed by atoms with Gasteiger partial charge in [0, 0.05) is 12.6 Å². The van der Waals surface area contributed by atoms with Gasteiger partial charge in [-0.15, -0.1) is 0 Å². The van der Waals surface area contributed by atoms with Gasteiger partial charge in [0.1, 0.15) is 18.4 Å². The molecule has 2 heterocycles. The SMILES string of the molecule is C[C@H](CCn1cncn1)N[C@@H](C)c1ccco1. The molecule has 0 radical (unpaired) electrons. The third kappa shape index (κ3) is 3.42. The summed E-state index contributed by atoms with van der Waals surface area (Å²) in [5.41, 5.74) is 0. The number of hydrogen-bond acceptors (Lipinski definition) is 4. The Bertz CT molecular complexity index is 410. The van der Waals surface area contributed by atoms with Crippen molar-refractivity contribution in [3.8, 4) is 0 Å². The lowest BCUT2D eigenvalue weighted by Gasteiger charge is -2.18. The third-order valence-corrected chi connectivity index (χ3v) is 2.76. The molecule has 2 aromatic rings. The topological polar surface area (TPSA) is 55.9 Å². The molecule has 2 aromatic heterocycles. The number of nitrogens with one attached hydrogen (secondary N) is 1. The van der Waals surface area contributed by atoms with E-state index in [9.17, 15) is 0 Å². The van der Waals surface area contributed by atoms with Crippen molar-refractivity contribution in [2.75, 3.05) is 0 Å². The average molecular weight is 234 g/mol. The van der Waals surface area contributed by atoms with Crippen molar-refractivity contribution in [3.05, 3.63) is 36.8 Å². The van der Waals surface area contributed by atoms with Crippen LogP contribution in [0.4, 0.5) is 0 Å². The van der Waals surface area contributed by atoms with Crippen molar-refractivity contribution < 1.29 is 4.42 Å². The maximum atomic E-state index is 5.36. The fraction of sp³-hybridized carbons (Fsp3) is 0.500. The van der Waals surface area contributed by atoms with E-state index in [-0.39, 0.29) is 6.04 Å². The Morgan fingerprint density at radius 3 is 3.00 bits per heavy atom. The number of hydrogen-bond donors (Lipinski definition) is 1. The van der Waals surface area contributed by atoms with Crippen LogP contribution >= 0.6 is 0 Å². The summed E-state index contributed by atoms with van der Waals surface area (Å²) >= 11 is 0. The van der Waals surface area contributed by atoms with Gasteiger partial charge >= 0.3 is 0 Å². The molecular weight excluding hydrogens is 216 g/mol. The van der Waals surface area contributed by atoms with Crippen LogP contribution in [0.3, 0.4) is 0 Å². The fourth-order valence-corrected chi connectivity index (χ4v) is 1.80. The molecule has 2 atom stereocenters. The first-order valence-corrected chi connectivity index (χ1v) is 5.87. The van der Waals surface area contributed by atoms with Crippen molar-refractivity contribution >= 4 is 0 Å². The van der Waals surface area contributed by atoms with Gasteiger partial charge in [0.2, 0.25) is 0 Å². The zero-order valence-electron chi connectivity index (χ0n) is 10.2. The maximum absolute atomic E-state index is 5.36. The van der Waals surface area contributed by atoms with Crippen molar-refractivity contribution in [2.45, 2.75) is 38.9 Å². The molecule has 0 aliphatic carbocycles. The van der Waals surface area contributed by atoms with E-state index in [2.05, 4.69) is 29.2 Å². The first kappa shape index (κ1) is 11.9. The number of aromatic nitrogens is 3. The van der Waals surface area contributed by atoms with Gasteiger partial charge in [0.25, 0.3) is 0 Å². The molecule has 0 saturated carbocycles. The molecular formula is C12H18N4O. The van der Waals surface area contributed by atoms with E-state index in [0.717, 1.165) is 18.7 Å². The molecule has 0 unspecified atom stereocenters. The van der Waals surface area contributed by atoms with E-state index in [4.69, 9.17) is 4.42 Å². The van der Waals surface area contributed by atoms with Gasteiger partial charge in [0.15, 0.2) is 0 Å². The summed E-state index contributed by atoms with van der Waals surface area (Å²) in [6.07, 6.45) is 6.01. The van der Waals surface area contributed by atoms with E-state index >= 15 is 0 Å². The van der Waals surface area contributed by atoms with Crippen LogP contribution in [-0.4, -0.2) is 20.8 Å². The van der Waals surface area contributed by atoms with Gasteiger partial charge in [-0.1, -0.05) is 0 Å². The third-order valence-electron chi connectivity index (χ3n) is 2.76. The first-order valence-electron chi connectivity index (χ1n) is 5.87. The highest BCUT2D eigenvalue weighted by Gasteiger charge is 2.11. The molecule has 17 heavy (non-hydrogen) atoms. The second-order valence-electron chi connectivity index (χ2n) is 4.25. The molecule has 0 aliphatic rings. The Labute approximate surface area is 101 Å². The summed E-state index contributed by atoms with van der Waals surface area (Å²) in [5, 5.41) is 7.57. The van der Waals surface area contributed by atoms with E-state index in [1.54, 1.807) is 18.9 Å². The minimum absolute atomic E-state index is 0.232. The molecule has 0 aromatic carbocycles. The normalized spacial score (nSPS) is 14.7. The first-order chi connectivity index (χ1) is 8.25. The van der Waals surface area contributed by atoms with Gasteiger partial charge in [-0.2, -0.15) is 5.10 Å². The van der Waals surface area contributed by atoms with E-state index in [1.807, 2.05) is 16.8 Å². The van der Waals surface area contributed by atoms with Crippen LogP contribution < -0.4 is 5.32 Å². The molecule has 0 amide bonds. The second-order valence-corrected chi connectivity index (χ2v) is 4.25. The largest absolute Gasteiger partial charge is 0.468 e. The fourth-order valence-electron chi connectivity index (χ4n) is 1.80. The van der Waals surface area contributed by atoms with E-state index in [0.29, 0.717) is 6.04 Å². The van der Waals surface area contributed by atoms with Gasteiger partial charge in [-0.25, -0.2) is 4.98 Å². The molecule has 0 spiro atoms. The van der Waals surface area contributed by atoms with E-state index in [1.165, 1.54) is 0 Å². The van der Waals surface area contributed by atoms with Gasteiger partial charge in [-0.3, -0.25) is 4.68 Å². The van der Waals surface area contributed by atoms with Crippen LogP contribution in [0.1, 0.15) is 32.1 Å². The summed E-state index contributed by atoms with van der Waals surface area (Å²) in [4.78, 5) is 3.92. The molecule has 0 saturated heterocycles. The van der Waals surface area contributed by atoms with Crippen molar-refractivity contribution in [3.63, 3.8) is 0 Å². The second kappa shape index (κ2) is 5.63. The highest BCUT2D eigenvalue weighted by Crippen LogP contribution is 2.13. The number of aryl methyl sites for hydroxylation is 1. The lowest BCUT2D eigenvalue weighted by molar-refractivity contribution is 0.374. The van der Waals surface area contributed by atoms with Gasteiger partial charge < -0.3 is 9.73 Å². The zero-order chi connectivity index (χ0) is 12.1. The summed E-state index contributed by atoms with van der Waals surface area (Å²) in [6, 6.07) is 4.53. The summed E-state index contributed by atoms with van der Waals surface area (Å²) < 4.78 is 7.20. The number of furan rings is 1. The minimum Gasteiger partial charge on any atom is -0.468 e. The van der Waals surface area contributed by atoms with Gasteiger partial charge in [0.05, 0.1) is 12.3 Å².